The third kappa shape index (κ3) is 4.70. The van der Waals surface area contributed by atoms with E-state index in [1.54, 1.807) is 42.5 Å². The Morgan fingerprint density at radius 1 is 1.10 bits per heavy atom. The van der Waals surface area contributed by atoms with E-state index in [0.717, 1.165) is 6.42 Å². The molecule has 0 saturated heterocycles. The Bertz CT molecular complexity index is 669. The van der Waals surface area contributed by atoms with E-state index in [2.05, 4.69) is 10.6 Å². The van der Waals surface area contributed by atoms with Crippen molar-refractivity contribution in [2.75, 3.05) is 10.6 Å². The van der Waals surface area contributed by atoms with Gasteiger partial charge in [-0.25, -0.2) is 0 Å². The van der Waals surface area contributed by atoms with Gasteiger partial charge in [0, 0.05) is 17.8 Å². The molecule has 104 valence electrons. The fourth-order valence-corrected chi connectivity index (χ4v) is 1.55. The van der Waals surface area contributed by atoms with Crippen LogP contribution in [0.2, 0.25) is 0 Å². The van der Waals surface area contributed by atoms with Gasteiger partial charge in [0.1, 0.15) is 23.9 Å². The molecule has 21 heavy (non-hydrogen) atoms. The Morgan fingerprint density at radius 3 is 2.24 bits per heavy atom. The van der Waals surface area contributed by atoms with Gasteiger partial charge in [-0.3, -0.25) is 4.79 Å². The molecule has 0 aliphatic heterocycles. The standard InChI is InChI=1S/C15H13N5O/c1-2-4-15(21)20-13-6-3-5-12(7-13)19-14(10-18)11(8-16)9-17/h3,5-7,19H,2,4H2,1H3,(H,20,21). The topological polar surface area (TPSA) is 112 Å². The van der Waals surface area contributed by atoms with Gasteiger partial charge in [-0.2, -0.15) is 15.8 Å². The molecule has 0 aliphatic rings. The molecule has 0 fully saturated rings. The Morgan fingerprint density at radius 2 is 1.71 bits per heavy atom. The van der Waals surface area contributed by atoms with Gasteiger partial charge in [-0.1, -0.05) is 13.0 Å². The van der Waals surface area contributed by atoms with E-state index in [-0.39, 0.29) is 17.2 Å². The first-order chi connectivity index (χ1) is 10.1. The molecule has 0 aromatic heterocycles. The van der Waals surface area contributed by atoms with Gasteiger partial charge in [0.2, 0.25) is 5.91 Å². The van der Waals surface area contributed by atoms with Crippen molar-refractivity contribution < 1.29 is 4.79 Å². The third-order valence-electron chi connectivity index (χ3n) is 2.48. The highest BCUT2D eigenvalue weighted by Crippen LogP contribution is 2.18. The molecule has 1 aromatic rings. The summed E-state index contributed by atoms with van der Waals surface area (Å²) in [4.78, 5) is 11.5. The molecule has 0 unspecified atom stereocenters. The molecule has 6 heteroatoms. The van der Waals surface area contributed by atoms with Crippen LogP contribution in [0.3, 0.4) is 0 Å². The first kappa shape index (κ1) is 15.8. The lowest BCUT2D eigenvalue weighted by Gasteiger charge is -2.08. The summed E-state index contributed by atoms with van der Waals surface area (Å²) in [6, 6.07) is 11.8. The molecule has 0 heterocycles. The van der Waals surface area contributed by atoms with Crippen LogP contribution in [0.25, 0.3) is 0 Å². The molecule has 0 bridgehead atoms. The normalized spacial score (nSPS) is 8.67. The number of benzene rings is 1. The van der Waals surface area contributed by atoms with E-state index in [0.29, 0.717) is 17.8 Å². The molecule has 0 aliphatic carbocycles. The summed E-state index contributed by atoms with van der Waals surface area (Å²) in [5.41, 5.74) is 0.657. The zero-order valence-corrected chi connectivity index (χ0v) is 11.5. The van der Waals surface area contributed by atoms with E-state index in [9.17, 15) is 4.79 Å². The van der Waals surface area contributed by atoms with Gasteiger partial charge in [0.25, 0.3) is 0 Å². The molecular formula is C15H13N5O. The summed E-state index contributed by atoms with van der Waals surface area (Å²) in [6.45, 7) is 1.91. The van der Waals surface area contributed by atoms with Gasteiger partial charge < -0.3 is 10.6 Å². The molecule has 2 N–H and O–H groups in total. The lowest BCUT2D eigenvalue weighted by Crippen LogP contribution is -2.10. The zero-order chi connectivity index (χ0) is 15.7. The number of nitrogens with one attached hydrogen (secondary N) is 2. The molecule has 1 rings (SSSR count). The second-order valence-corrected chi connectivity index (χ2v) is 4.09. The van der Waals surface area contributed by atoms with Crippen molar-refractivity contribution in [3.63, 3.8) is 0 Å². The lowest BCUT2D eigenvalue weighted by atomic mass is 10.2. The maximum atomic E-state index is 11.5. The fourth-order valence-electron chi connectivity index (χ4n) is 1.55. The second kappa shape index (κ2) is 7.99. The summed E-state index contributed by atoms with van der Waals surface area (Å²) in [6.07, 6.45) is 1.17. The summed E-state index contributed by atoms with van der Waals surface area (Å²) < 4.78 is 0. The molecule has 0 atom stereocenters. The fraction of sp³-hybridized carbons (Fsp3) is 0.200. The number of allylic oxidation sites excluding steroid dienone is 2. The number of amides is 1. The number of anilines is 2. The van der Waals surface area contributed by atoms with E-state index in [1.807, 2.05) is 6.92 Å². The second-order valence-electron chi connectivity index (χ2n) is 4.09. The Labute approximate surface area is 122 Å². The molecule has 0 spiro atoms. The van der Waals surface area contributed by atoms with Crippen molar-refractivity contribution in [1.82, 2.24) is 0 Å². The smallest absolute Gasteiger partial charge is 0.224 e. The first-order valence-electron chi connectivity index (χ1n) is 6.26. The van der Waals surface area contributed by atoms with Crippen molar-refractivity contribution >= 4 is 17.3 Å². The Balaban J connectivity index is 2.95. The van der Waals surface area contributed by atoms with E-state index < -0.39 is 0 Å². The summed E-state index contributed by atoms with van der Waals surface area (Å²) in [5, 5.41) is 31.9. The van der Waals surface area contributed by atoms with Gasteiger partial charge >= 0.3 is 0 Å². The van der Waals surface area contributed by atoms with Gasteiger partial charge in [0.15, 0.2) is 5.57 Å². The largest absolute Gasteiger partial charge is 0.345 e. The van der Waals surface area contributed by atoms with Gasteiger partial charge in [-0.05, 0) is 24.6 Å². The maximum Gasteiger partial charge on any atom is 0.224 e. The van der Waals surface area contributed by atoms with Gasteiger partial charge in [0.05, 0.1) is 0 Å². The number of carbonyl (C=O) groups is 1. The van der Waals surface area contributed by atoms with Crippen LogP contribution in [0.5, 0.6) is 0 Å². The average Bonchev–Trinajstić information content (AvgIpc) is 2.48. The summed E-state index contributed by atoms with van der Waals surface area (Å²) in [7, 11) is 0. The molecule has 6 nitrogen and oxygen atoms in total. The molecular weight excluding hydrogens is 266 g/mol. The van der Waals surface area contributed by atoms with E-state index >= 15 is 0 Å². The van der Waals surface area contributed by atoms with Crippen LogP contribution in [0.15, 0.2) is 35.5 Å². The monoisotopic (exact) mass is 279 g/mol. The number of hydrogen-bond donors (Lipinski definition) is 2. The van der Waals surface area contributed by atoms with Crippen molar-refractivity contribution in [1.29, 1.82) is 15.8 Å². The number of hydrogen-bond acceptors (Lipinski definition) is 5. The molecule has 1 aromatic carbocycles. The number of nitriles is 3. The number of carbonyl (C=O) groups excluding carboxylic acids is 1. The SMILES string of the molecule is CCCC(=O)Nc1cccc(NC(C#N)=C(C#N)C#N)c1. The van der Waals surface area contributed by atoms with Crippen molar-refractivity contribution in [2.45, 2.75) is 19.8 Å². The highest BCUT2D eigenvalue weighted by atomic mass is 16.1. The minimum atomic E-state index is -0.294. The van der Waals surface area contributed by atoms with Crippen LogP contribution in [-0.4, -0.2) is 5.91 Å². The van der Waals surface area contributed by atoms with Crippen molar-refractivity contribution in [3.05, 3.63) is 35.5 Å². The van der Waals surface area contributed by atoms with E-state index in [4.69, 9.17) is 15.8 Å². The minimum Gasteiger partial charge on any atom is -0.345 e. The van der Waals surface area contributed by atoms with Gasteiger partial charge in [-0.15, -0.1) is 0 Å². The molecule has 0 radical (unpaired) electrons. The predicted octanol–water partition coefficient (Wildman–Crippen LogP) is 2.66. The Kier molecular flexibility index (Phi) is 5.99. The highest BCUT2D eigenvalue weighted by Gasteiger charge is 2.07. The predicted molar refractivity (Wildman–Crippen MR) is 77.5 cm³/mol. The molecule has 1 amide bonds. The minimum absolute atomic E-state index is 0.0968. The lowest BCUT2D eigenvalue weighted by molar-refractivity contribution is -0.116. The third-order valence-corrected chi connectivity index (χ3v) is 2.48. The maximum absolute atomic E-state index is 11.5. The summed E-state index contributed by atoms with van der Waals surface area (Å²) >= 11 is 0. The highest BCUT2D eigenvalue weighted by molar-refractivity contribution is 5.91. The van der Waals surface area contributed by atoms with Crippen LogP contribution in [0.1, 0.15) is 19.8 Å². The first-order valence-corrected chi connectivity index (χ1v) is 6.26. The zero-order valence-electron chi connectivity index (χ0n) is 11.5. The van der Waals surface area contributed by atoms with Crippen molar-refractivity contribution in [3.8, 4) is 18.2 Å². The van der Waals surface area contributed by atoms with Crippen LogP contribution >= 0.6 is 0 Å². The van der Waals surface area contributed by atoms with Crippen LogP contribution in [-0.2, 0) is 4.79 Å². The molecule has 0 saturated carbocycles. The van der Waals surface area contributed by atoms with Crippen LogP contribution < -0.4 is 10.6 Å². The summed E-state index contributed by atoms with van der Waals surface area (Å²) in [5.74, 6) is -0.0968. The van der Waals surface area contributed by atoms with Crippen molar-refractivity contribution in [2.24, 2.45) is 0 Å². The number of rotatable bonds is 5. The van der Waals surface area contributed by atoms with Crippen LogP contribution in [0, 0.1) is 34.0 Å². The quantitative estimate of drug-likeness (QED) is 0.804. The Hall–Kier alpha value is -3.30. The van der Waals surface area contributed by atoms with E-state index in [1.165, 1.54) is 0 Å². The average molecular weight is 279 g/mol. The van der Waals surface area contributed by atoms with Crippen LogP contribution in [0.4, 0.5) is 11.4 Å². The number of nitrogens with zero attached hydrogens (tertiary/aromatic N) is 3.